The second kappa shape index (κ2) is 4.73. The average molecular weight is 291 g/mol. The van der Waals surface area contributed by atoms with Gasteiger partial charge in [0.15, 0.2) is 0 Å². The van der Waals surface area contributed by atoms with Gasteiger partial charge in [0.2, 0.25) is 0 Å². The Bertz CT molecular complexity index is 358. The number of halogens is 2. The van der Waals surface area contributed by atoms with E-state index >= 15 is 0 Å². The van der Waals surface area contributed by atoms with Gasteiger partial charge in [-0.1, -0.05) is 17.7 Å². The van der Waals surface area contributed by atoms with Crippen LogP contribution in [0.5, 0.6) is 0 Å². The van der Waals surface area contributed by atoms with Crippen LogP contribution < -0.4 is 5.32 Å². The van der Waals surface area contributed by atoms with Gasteiger partial charge in [0, 0.05) is 0 Å². The predicted octanol–water partition coefficient (Wildman–Crippen LogP) is 3.43. The van der Waals surface area contributed by atoms with Crippen LogP contribution >= 0.6 is 27.5 Å². The van der Waals surface area contributed by atoms with Gasteiger partial charge in [0.25, 0.3) is 0 Å². The summed E-state index contributed by atoms with van der Waals surface area (Å²) >= 11 is 9.42. The first-order chi connectivity index (χ1) is 7.18. The van der Waals surface area contributed by atoms with E-state index in [4.69, 9.17) is 11.6 Å². The molecule has 15 heavy (non-hydrogen) atoms. The van der Waals surface area contributed by atoms with Crippen LogP contribution in [0.1, 0.15) is 19.3 Å². The summed E-state index contributed by atoms with van der Waals surface area (Å²) in [5.74, 6) is 0. The summed E-state index contributed by atoms with van der Waals surface area (Å²) < 4.78 is 0.866. The summed E-state index contributed by atoms with van der Waals surface area (Å²) in [6.45, 7) is 0. The molecule has 0 amide bonds. The molecule has 1 aromatic carbocycles. The fourth-order valence-electron chi connectivity index (χ4n) is 1.92. The minimum atomic E-state index is -0.240. The van der Waals surface area contributed by atoms with Gasteiger partial charge in [-0.05, 0) is 47.3 Å². The first kappa shape index (κ1) is 11.2. The first-order valence-corrected chi connectivity index (χ1v) is 6.24. The fraction of sp³-hybridized carbons (Fsp3) is 0.455. The van der Waals surface area contributed by atoms with E-state index in [-0.39, 0.29) is 12.1 Å². The smallest absolute Gasteiger partial charge is 0.0741 e. The Kier molecular flexibility index (Phi) is 3.54. The molecule has 0 bridgehead atoms. The number of anilines is 1. The lowest BCUT2D eigenvalue weighted by Crippen LogP contribution is -2.28. The Labute approximate surface area is 103 Å². The maximum atomic E-state index is 9.70. The molecule has 2 rings (SSSR count). The number of hydrogen-bond donors (Lipinski definition) is 2. The van der Waals surface area contributed by atoms with Gasteiger partial charge in [-0.3, -0.25) is 0 Å². The van der Waals surface area contributed by atoms with Crippen molar-refractivity contribution in [2.75, 3.05) is 5.32 Å². The lowest BCUT2D eigenvalue weighted by Gasteiger charge is -2.19. The van der Waals surface area contributed by atoms with Crippen LogP contribution in [-0.4, -0.2) is 17.3 Å². The Morgan fingerprint density at radius 3 is 2.87 bits per heavy atom. The molecule has 82 valence electrons. The monoisotopic (exact) mass is 289 g/mol. The molecule has 0 radical (unpaired) electrons. The van der Waals surface area contributed by atoms with Crippen LogP contribution in [0.2, 0.25) is 5.02 Å². The lowest BCUT2D eigenvalue weighted by molar-refractivity contribution is 0.172. The predicted molar refractivity (Wildman–Crippen MR) is 66.4 cm³/mol. The SMILES string of the molecule is O[C@H]1CCC[C@@H]1Nc1cccc(Cl)c1Br. The number of nitrogens with one attached hydrogen (secondary N) is 1. The Morgan fingerprint density at radius 1 is 1.40 bits per heavy atom. The van der Waals surface area contributed by atoms with Crippen molar-refractivity contribution >= 4 is 33.2 Å². The number of aliphatic hydroxyl groups excluding tert-OH is 1. The summed E-state index contributed by atoms with van der Waals surface area (Å²) in [6.07, 6.45) is 2.74. The van der Waals surface area contributed by atoms with E-state index < -0.39 is 0 Å². The number of hydrogen-bond acceptors (Lipinski definition) is 2. The van der Waals surface area contributed by atoms with Crippen molar-refractivity contribution < 1.29 is 5.11 Å². The van der Waals surface area contributed by atoms with E-state index in [1.54, 1.807) is 0 Å². The molecular weight excluding hydrogens is 277 g/mol. The van der Waals surface area contributed by atoms with Crippen molar-refractivity contribution in [2.24, 2.45) is 0 Å². The highest BCUT2D eigenvalue weighted by atomic mass is 79.9. The van der Waals surface area contributed by atoms with Crippen molar-refractivity contribution in [3.8, 4) is 0 Å². The molecule has 1 aliphatic rings. The third kappa shape index (κ3) is 2.47. The highest BCUT2D eigenvalue weighted by Gasteiger charge is 2.25. The molecule has 0 saturated heterocycles. The van der Waals surface area contributed by atoms with Gasteiger partial charge in [-0.2, -0.15) is 0 Å². The minimum absolute atomic E-state index is 0.153. The van der Waals surface area contributed by atoms with Crippen molar-refractivity contribution in [1.82, 2.24) is 0 Å². The first-order valence-electron chi connectivity index (χ1n) is 5.07. The standard InChI is InChI=1S/C11H13BrClNO/c12-11-7(13)3-1-5-9(11)14-8-4-2-6-10(8)15/h1,3,5,8,10,14-15H,2,4,6H2/t8-,10-/m0/s1. The number of benzene rings is 1. The second-order valence-electron chi connectivity index (χ2n) is 3.85. The molecule has 1 fully saturated rings. The van der Waals surface area contributed by atoms with Crippen molar-refractivity contribution in [2.45, 2.75) is 31.4 Å². The van der Waals surface area contributed by atoms with E-state index in [2.05, 4.69) is 21.2 Å². The third-order valence-electron chi connectivity index (χ3n) is 2.77. The number of aliphatic hydroxyl groups is 1. The van der Waals surface area contributed by atoms with Gasteiger partial charge in [0.1, 0.15) is 0 Å². The third-order valence-corrected chi connectivity index (χ3v) is 4.17. The van der Waals surface area contributed by atoms with Gasteiger partial charge in [-0.15, -0.1) is 0 Å². The van der Waals surface area contributed by atoms with Gasteiger partial charge in [-0.25, -0.2) is 0 Å². The quantitative estimate of drug-likeness (QED) is 0.874. The zero-order valence-electron chi connectivity index (χ0n) is 8.21. The average Bonchev–Trinajstić information content (AvgIpc) is 2.60. The highest BCUT2D eigenvalue weighted by Crippen LogP contribution is 2.32. The number of rotatable bonds is 2. The maximum Gasteiger partial charge on any atom is 0.0741 e. The molecule has 1 aromatic rings. The lowest BCUT2D eigenvalue weighted by atomic mass is 10.2. The molecule has 1 saturated carbocycles. The summed E-state index contributed by atoms with van der Waals surface area (Å²) in [4.78, 5) is 0. The molecule has 0 spiro atoms. The summed E-state index contributed by atoms with van der Waals surface area (Å²) in [6, 6.07) is 5.85. The van der Waals surface area contributed by atoms with Crippen molar-refractivity contribution in [1.29, 1.82) is 0 Å². The van der Waals surface area contributed by atoms with Gasteiger partial charge < -0.3 is 10.4 Å². The molecule has 0 heterocycles. The minimum Gasteiger partial charge on any atom is -0.391 e. The van der Waals surface area contributed by atoms with Crippen LogP contribution in [0.3, 0.4) is 0 Å². The zero-order chi connectivity index (χ0) is 10.8. The van der Waals surface area contributed by atoms with E-state index in [9.17, 15) is 5.11 Å². The van der Waals surface area contributed by atoms with E-state index in [0.29, 0.717) is 5.02 Å². The zero-order valence-corrected chi connectivity index (χ0v) is 10.6. The van der Waals surface area contributed by atoms with E-state index in [1.165, 1.54) is 0 Å². The van der Waals surface area contributed by atoms with Crippen LogP contribution in [-0.2, 0) is 0 Å². The Morgan fingerprint density at radius 2 is 2.20 bits per heavy atom. The van der Waals surface area contributed by atoms with Crippen molar-refractivity contribution in [3.63, 3.8) is 0 Å². The summed E-state index contributed by atoms with van der Waals surface area (Å²) in [7, 11) is 0. The normalized spacial score (nSPS) is 25.5. The topological polar surface area (TPSA) is 32.3 Å². The van der Waals surface area contributed by atoms with Crippen LogP contribution in [0.4, 0.5) is 5.69 Å². The van der Waals surface area contributed by atoms with Crippen LogP contribution in [0, 0.1) is 0 Å². The van der Waals surface area contributed by atoms with Crippen LogP contribution in [0.15, 0.2) is 22.7 Å². The summed E-state index contributed by atoms with van der Waals surface area (Å²) in [5.41, 5.74) is 0.952. The highest BCUT2D eigenvalue weighted by molar-refractivity contribution is 9.10. The Hall–Kier alpha value is -0.250. The molecule has 2 nitrogen and oxygen atoms in total. The van der Waals surface area contributed by atoms with Crippen molar-refractivity contribution in [3.05, 3.63) is 27.7 Å². The van der Waals surface area contributed by atoms with E-state index in [1.807, 2.05) is 18.2 Å². The molecule has 0 aliphatic heterocycles. The molecule has 4 heteroatoms. The largest absolute Gasteiger partial charge is 0.391 e. The van der Waals surface area contributed by atoms with Gasteiger partial charge >= 0.3 is 0 Å². The molecule has 1 aliphatic carbocycles. The Balaban J connectivity index is 2.13. The molecule has 0 unspecified atom stereocenters. The fourth-order valence-corrected chi connectivity index (χ4v) is 2.48. The van der Waals surface area contributed by atoms with Gasteiger partial charge in [0.05, 0.1) is 27.3 Å². The summed E-state index contributed by atoms with van der Waals surface area (Å²) in [5, 5.41) is 13.7. The second-order valence-corrected chi connectivity index (χ2v) is 5.05. The van der Waals surface area contributed by atoms with Crippen LogP contribution in [0.25, 0.3) is 0 Å². The maximum absolute atomic E-state index is 9.70. The van der Waals surface area contributed by atoms with E-state index in [0.717, 1.165) is 29.4 Å². The molecule has 2 atom stereocenters. The molecule has 0 aromatic heterocycles. The molecule has 2 N–H and O–H groups in total. The molecular formula is C11H13BrClNO.